The highest BCUT2D eigenvalue weighted by Crippen LogP contribution is 2.31. The maximum absolute atomic E-state index is 15.3. The number of halogens is 3. The van der Waals surface area contributed by atoms with Crippen molar-refractivity contribution in [1.29, 1.82) is 5.41 Å². The van der Waals surface area contributed by atoms with Crippen LogP contribution in [0.2, 0.25) is 5.02 Å². The topological polar surface area (TPSA) is 145 Å². The number of H-pyrrole nitrogens is 1. The van der Waals surface area contributed by atoms with E-state index in [0.29, 0.717) is 41.9 Å². The van der Waals surface area contributed by atoms with Crippen LogP contribution in [0.4, 0.5) is 8.78 Å². The highest BCUT2D eigenvalue weighted by atomic mass is 35.5. The first-order valence-corrected chi connectivity index (χ1v) is 14.8. The number of rotatable bonds is 14. The van der Waals surface area contributed by atoms with Gasteiger partial charge in [-0.05, 0) is 75.4 Å². The molecule has 2 heterocycles. The highest BCUT2D eigenvalue weighted by Gasteiger charge is 2.18. The predicted octanol–water partition coefficient (Wildman–Crippen LogP) is 5.14. The lowest BCUT2D eigenvalue weighted by Crippen LogP contribution is -2.38. The number of aliphatic hydroxyl groups is 1. The number of hydrogen-bond acceptors (Lipinski definition) is 6. The highest BCUT2D eigenvalue weighted by molar-refractivity contribution is 6.31. The van der Waals surface area contributed by atoms with Crippen LogP contribution in [0.25, 0.3) is 28.0 Å². The van der Waals surface area contributed by atoms with Crippen LogP contribution in [0.5, 0.6) is 0 Å². The van der Waals surface area contributed by atoms with E-state index >= 15 is 8.78 Å². The van der Waals surface area contributed by atoms with Gasteiger partial charge in [-0.15, -0.1) is 6.58 Å². The summed E-state index contributed by atoms with van der Waals surface area (Å²) in [4.78, 5) is 20.1. The number of aromatic amines is 1. The number of fused-ring (bicyclic) bond motifs is 1. The average molecular weight is 626 g/mol. The molecule has 0 amide bonds. The molecule has 12 heteroatoms. The molecule has 9 nitrogen and oxygen atoms in total. The van der Waals surface area contributed by atoms with Crippen molar-refractivity contribution in [2.24, 2.45) is 5.73 Å². The largest absolute Gasteiger partial charge is 0.395 e. The summed E-state index contributed by atoms with van der Waals surface area (Å²) in [7, 11) is 0. The summed E-state index contributed by atoms with van der Waals surface area (Å²) < 4.78 is 31.6. The van der Waals surface area contributed by atoms with E-state index < -0.39 is 23.4 Å². The van der Waals surface area contributed by atoms with Gasteiger partial charge in [0.2, 0.25) is 0 Å². The van der Waals surface area contributed by atoms with E-state index in [2.05, 4.69) is 27.2 Å². The van der Waals surface area contributed by atoms with Gasteiger partial charge in [-0.25, -0.2) is 13.6 Å². The van der Waals surface area contributed by atoms with Gasteiger partial charge in [0.1, 0.15) is 11.5 Å². The van der Waals surface area contributed by atoms with E-state index in [-0.39, 0.29) is 40.6 Å². The third-order valence-electron chi connectivity index (χ3n) is 7.51. The molecular weight excluding hydrogens is 588 g/mol. The van der Waals surface area contributed by atoms with Crippen molar-refractivity contribution in [3.8, 4) is 16.9 Å². The molecule has 234 valence electrons. The Hall–Kier alpha value is -3.90. The smallest absolute Gasteiger partial charge is 0.354 e. The molecule has 0 bridgehead atoms. The molecule has 3 atom stereocenters. The molecule has 0 radical (unpaired) electrons. The first kappa shape index (κ1) is 33.0. The second kappa shape index (κ2) is 14.7. The Kier molecular flexibility index (Phi) is 11.0. The quantitative estimate of drug-likeness (QED) is 0.0651. The minimum absolute atomic E-state index is 0.0144. The zero-order chi connectivity index (χ0) is 32.0. The summed E-state index contributed by atoms with van der Waals surface area (Å²) in [5.41, 5.74) is 7.68. The van der Waals surface area contributed by atoms with Crippen molar-refractivity contribution in [3.05, 3.63) is 93.5 Å². The van der Waals surface area contributed by atoms with Crippen molar-refractivity contribution < 1.29 is 13.9 Å². The molecule has 0 aliphatic rings. The fourth-order valence-electron chi connectivity index (χ4n) is 5.09. The van der Waals surface area contributed by atoms with Gasteiger partial charge in [0, 0.05) is 47.4 Å². The number of aryl methyl sites for hydroxylation is 1. The second-order valence-electron chi connectivity index (χ2n) is 10.9. The predicted molar refractivity (Wildman–Crippen MR) is 172 cm³/mol. The number of nitrogens with two attached hydrogens (primary N) is 1. The van der Waals surface area contributed by atoms with Gasteiger partial charge in [-0.1, -0.05) is 23.7 Å². The van der Waals surface area contributed by atoms with Gasteiger partial charge < -0.3 is 26.5 Å². The minimum atomic E-state index is -0.635. The Morgan fingerprint density at radius 1 is 1.27 bits per heavy atom. The number of aromatic nitrogens is 3. The van der Waals surface area contributed by atoms with Crippen LogP contribution < -0.4 is 22.1 Å². The summed E-state index contributed by atoms with van der Waals surface area (Å²) in [5, 5.41) is 23.8. The second-order valence-corrected chi connectivity index (χ2v) is 11.3. The minimum Gasteiger partial charge on any atom is -0.395 e. The molecule has 4 aromatic rings. The number of nitrogens with zero attached hydrogens (tertiary/aromatic N) is 2. The van der Waals surface area contributed by atoms with Crippen LogP contribution in [0.1, 0.15) is 50.3 Å². The lowest BCUT2D eigenvalue weighted by atomic mass is 10.0. The van der Waals surface area contributed by atoms with E-state index in [1.54, 1.807) is 50.3 Å². The summed E-state index contributed by atoms with van der Waals surface area (Å²) in [5.74, 6) is -0.792. The standard InChI is InChI=1S/C32H38ClF2N7O2/c1-4-22(37)7-5-6-20-12-26(30(35)27(33)13-20)29-14-21-16-42(32(44)41-31(21)40-29)24-8-9-25(28(34)15-24)18(2)39-23(17-43)10-11-38-19(3)36/h4,8-9,12-16,18,22-23,39,43H,1,5-7,10-11,17,37H2,2-3H3,(H2,36,38)(H,40,41,44)/t18-,22-,23+/m0/s1. The van der Waals surface area contributed by atoms with Gasteiger partial charge in [0.25, 0.3) is 0 Å². The molecule has 0 spiro atoms. The molecular formula is C32H38ClF2N7O2. The summed E-state index contributed by atoms with van der Waals surface area (Å²) >= 11 is 6.22. The van der Waals surface area contributed by atoms with E-state index in [4.69, 9.17) is 22.7 Å². The maximum atomic E-state index is 15.3. The van der Waals surface area contributed by atoms with Gasteiger partial charge in [0.15, 0.2) is 5.82 Å². The van der Waals surface area contributed by atoms with Crippen molar-refractivity contribution in [2.45, 2.75) is 57.7 Å². The van der Waals surface area contributed by atoms with Crippen molar-refractivity contribution in [3.63, 3.8) is 0 Å². The Bertz CT molecular complexity index is 1700. The third-order valence-corrected chi connectivity index (χ3v) is 7.78. The first-order valence-electron chi connectivity index (χ1n) is 14.4. The fourth-order valence-corrected chi connectivity index (χ4v) is 5.33. The Balaban J connectivity index is 1.57. The first-order chi connectivity index (χ1) is 21.0. The monoisotopic (exact) mass is 625 g/mol. The van der Waals surface area contributed by atoms with E-state index in [0.717, 1.165) is 18.4 Å². The molecule has 2 aromatic heterocycles. The van der Waals surface area contributed by atoms with Crippen molar-refractivity contribution in [1.82, 2.24) is 25.2 Å². The van der Waals surface area contributed by atoms with E-state index in [1.165, 1.54) is 16.8 Å². The molecule has 7 N–H and O–H groups in total. The molecule has 2 aromatic carbocycles. The van der Waals surface area contributed by atoms with Crippen LogP contribution in [-0.4, -0.2) is 50.7 Å². The molecule has 0 saturated carbocycles. The van der Waals surface area contributed by atoms with Crippen LogP contribution >= 0.6 is 11.6 Å². The van der Waals surface area contributed by atoms with Crippen LogP contribution in [-0.2, 0) is 6.42 Å². The van der Waals surface area contributed by atoms with Crippen LogP contribution in [0.3, 0.4) is 0 Å². The Labute approximate surface area is 259 Å². The lowest BCUT2D eigenvalue weighted by Gasteiger charge is -2.23. The Morgan fingerprint density at radius 2 is 2.05 bits per heavy atom. The van der Waals surface area contributed by atoms with Gasteiger partial charge in [-0.2, -0.15) is 4.98 Å². The van der Waals surface area contributed by atoms with Gasteiger partial charge in [0.05, 0.1) is 28.8 Å². The van der Waals surface area contributed by atoms with Crippen molar-refractivity contribution in [2.75, 3.05) is 13.2 Å². The Morgan fingerprint density at radius 3 is 2.73 bits per heavy atom. The molecule has 0 aliphatic heterocycles. The average Bonchev–Trinajstić information content (AvgIpc) is 3.39. The number of amidine groups is 1. The summed E-state index contributed by atoms with van der Waals surface area (Å²) in [6, 6.07) is 8.60. The molecule has 44 heavy (non-hydrogen) atoms. The van der Waals surface area contributed by atoms with Crippen LogP contribution in [0, 0.1) is 17.0 Å². The molecule has 4 rings (SSSR count). The number of benzene rings is 2. The van der Waals surface area contributed by atoms with E-state index in [1.807, 2.05) is 0 Å². The molecule has 0 fully saturated rings. The van der Waals surface area contributed by atoms with Gasteiger partial charge >= 0.3 is 5.69 Å². The van der Waals surface area contributed by atoms with Crippen molar-refractivity contribution >= 4 is 28.5 Å². The maximum Gasteiger partial charge on any atom is 0.354 e. The molecule has 0 aliphatic carbocycles. The zero-order valence-electron chi connectivity index (χ0n) is 24.8. The lowest BCUT2D eigenvalue weighted by molar-refractivity contribution is 0.226. The molecule has 0 unspecified atom stereocenters. The van der Waals surface area contributed by atoms with Crippen LogP contribution in [0.15, 0.2) is 60.0 Å². The number of nitrogens with one attached hydrogen (secondary N) is 4. The number of hydrogen-bond donors (Lipinski definition) is 6. The molecule has 0 saturated heterocycles. The normalized spacial score (nSPS) is 13.5. The summed E-state index contributed by atoms with van der Waals surface area (Å²) in [6.45, 7) is 7.46. The zero-order valence-corrected chi connectivity index (χ0v) is 25.5. The van der Waals surface area contributed by atoms with Gasteiger partial charge in [-0.3, -0.25) is 9.98 Å². The third kappa shape index (κ3) is 7.97. The fraction of sp³-hybridized carbons (Fsp3) is 0.344. The summed E-state index contributed by atoms with van der Waals surface area (Å²) in [6.07, 6.45) is 5.92. The number of aliphatic hydroxyl groups excluding tert-OH is 1. The van der Waals surface area contributed by atoms with E-state index in [9.17, 15) is 9.90 Å². The SMILES string of the molecule is C=C[C@H](N)CCCc1cc(Cl)c(F)c(-c2cc3cn(-c4ccc([C@H](C)N[C@@H](CO)CCNC(C)=N)c(F)c4)c(=O)nc3[nH]2)c1.